The number of aromatic nitrogens is 2. The van der Waals surface area contributed by atoms with Gasteiger partial charge in [-0.2, -0.15) is 0 Å². The van der Waals surface area contributed by atoms with E-state index in [-0.39, 0.29) is 18.0 Å². The van der Waals surface area contributed by atoms with Crippen LogP contribution in [0.1, 0.15) is 19.4 Å². The molecule has 0 fully saturated rings. The molecule has 1 aromatic heterocycles. The normalized spacial score (nSPS) is 11.5. The van der Waals surface area contributed by atoms with E-state index in [9.17, 15) is 4.79 Å². The first kappa shape index (κ1) is 19.4. The zero-order valence-electron chi connectivity index (χ0n) is 16.2. The number of hydrogen-bond donors (Lipinski definition) is 1. The summed E-state index contributed by atoms with van der Waals surface area (Å²) in [5.41, 5.74) is 3.08. The molecule has 1 heterocycles. The third kappa shape index (κ3) is 5.30. The molecule has 6 heteroatoms. The molecule has 0 aliphatic heterocycles. The Bertz CT molecular complexity index is 907. The predicted octanol–water partition coefficient (Wildman–Crippen LogP) is 4.01. The second-order valence-corrected chi connectivity index (χ2v) is 6.53. The number of rotatable bonds is 7. The number of amides is 1. The Balaban J connectivity index is 1.63. The molecule has 0 spiro atoms. The number of nitrogens with one attached hydrogen (secondary N) is 1. The maximum atomic E-state index is 11.1. The van der Waals surface area contributed by atoms with Crippen LogP contribution in [0, 0.1) is 0 Å². The van der Waals surface area contributed by atoms with Gasteiger partial charge in [0.2, 0.25) is 5.91 Å². The molecule has 144 valence electrons. The van der Waals surface area contributed by atoms with Crippen molar-refractivity contribution in [2.45, 2.75) is 26.3 Å². The summed E-state index contributed by atoms with van der Waals surface area (Å²) in [6.45, 7) is 3.52. The van der Waals surface area contributed by atoms with Crippen LogP contribution in [-0.2, 0) is 11.2 Å². The molecule has 0 aliphatic carbocycles. The summed E-state index contributed by atoms with van der Waals surface area (Å²) in [6.07, 6.45) is 4.26. The number of ether oxygens (including phenoxy) is 2. The lowest BCUT2D eigenvalue weighted by molar-refractivity contribution is -0.119. The monoisotopic (exact) mass is 377 g/mol. The maximum Gasteiger partial charge on any atom is 0.321 e. The Morgan fingerprint density at radius 3 is 2.14 bits per heavy atom. The van der Waals surface area contributed by atoms with E-state index in [0.29, 0.717) is 5.75 Å². The first-order valence-electron chi connectivity index (χ1n) is 9.04. The van der Waals surface area contributed by atoms with Crippen molar-refractivity contribution >= 4 is 5.91 Å². The van der Waals surface area contributed by atoms with Gasteiger partial charge < -0.3 is 14.8 Å². The molecule has 1 amide bonds. The molecule has 0 radical (unpaired) electrons. The second kappa shape index (κ2) is 8.99. The SMILES string of the molecule is COc1ccc(Oc2ncc(-c3ccc(CC(C)NC(C)=O)cc3)cn2)cc1. The van der Waals surface area contributed by atoms with Gasteiger partial charge in [0.05, 0.1) is 7.11 Å². The molecule has 0 saturated heterocycles. The van der Waals surface area contributed by atoms with Crippen LogP contribution in [0.4, 0.5) is 0 Å². The highest BCUT2D eigenvalue weighted by molar-refractivity contribution is 5.73. The molecule has 0 aliphatic rings. The van der Waals surface area contributed by atoms with Gasteiger partial charge in [-0.1, -0.05) is 24.3 Å². The molecule has 3 rings (SSSR count). The second-order valence-electron chi connectivity index (χ2n) is 6.53. The van der Waals surface area contributed by atoms with Crippen LogP contribution in [0.15, 0.2) is 60.9 Å². The van der Waals surface area contributed by atoms with Crippen LogP contribution in [0.5, 0.6) is 17.5 Å². The van der Waals surface area contributed by atoms with Crippen LogP contribution in [0.2, 0.25) is 0 Å². The largest absolute Gasteiger partial charge is 0.497 e. The molecule has 1 atom stereocenters. The van der Waals surface area contributed by atoms with Gasteiger partial charge in [0.15, 0.2) is 0 Å². The number of nitrogens with zero attached hydrogens (tertiary/aromatic N) is 2. The first-order valence-corrected chi connectivity index (χ1v) is 9.04. The Labute approximate surface area is 164 Å². The smallest absolute Gasteiger partial charge is 0.321 e. The van der Waals surface area contributed by atoms with Crippen molar-refractivity contribution in [2.75, 3.05) is 7.11 Å². The third-order valence-electron chi connectivity index (χ3n) is 4.18. The highest BCUT2D eigenvalue weighted by atomic mass is 16.5. The average Bonchev–Trinajstić information content (AvgIpc) is 2.69. The van der Waals surface area contributed by atoms with Crippen molar-refractivity contribution < 1.29 is 14.3 Å². The summed E-state index contributed by atoms with van der Waals surface area (Å²) in [4.78, 5) is 19.7. The maximum absolute atomic E-state index is 11.1. The Hall–Kier alpha value is -3.41. The van der Waals surface area contributed by atoms with Gasteiger partial charge in [-0.05, 0) is 48.7 Å². The summed E-state index contributed by atoms with van der Waals surface area (Å²) in [6, 6.07) is 15.8. The summed E-state index contributed by atoms with van der Waals surface area (Å²) < 4.78 is 10.8. The Morgan fingerprint density at radius 1 is 0.964 bits per heavy atom. The van der Waals surface area contributed by atoms with Crippen molar-refractivity contribution in [1.29, 1.82) is 0 Å². The fourth-order valence-electron chi connectivity index (χ4n) is 2.85. The fourth-order valence-corrected chi connectivity index (χ4v) is 2.85. The molecule has 3 aromatic rings. The van der Waals surface area contributed by atoms with Crippen molar-refractivity contribution in [3.63, 3.8) is 0 Å². The van der Waals surface area contributed by atoms with E-state index < -0.39 is 0 Å². The third-order valence-corrected chi connectivity index (χ3v) is 4.18. The van der Waals surface area contributed by atoms with Crippen LogP contribution in [0.25, 0.3) is 11.1 Å². The molecule has 2 aromatic carbocycles. The lowest BCUT2D eigenvalue weighted by Crippen LogP contribution is -2.31. The summed E-state index contributed by atoms with van der Waals surface area (Å²) in [5.74, 6) is 1.39. The van der Waals surface area contributed by atoms with E-state index in [1.807, 2.05) is 31.2 Å². The quantitative estimate of drug-likeness (QED) is 0.673. The molecule has 1 N–H and O–H groups in total. The fraction of sp³-hybridized carbons (Fsp3) is 0.227. The van der Waals surface area contributed by atoms with Gasteiger partial charge >= 0.3 is 6.01 Å². The number of methoxy groups -OCH3 is 1. The van der Waals surface area contributed by atoms with Crippen molar-refractivity contribution in [1.82, 2.24) is 15.3 Å². The van der Waals surface area contributed by atoms with Gasteiger partial charge in [-0.3, -0.25) is 4.79 Å². The van der Waals surface area contributed by atoms with E-state index in [2.05, 4.69) is 27.4 Å². The standard InChI is InChI=1S/C22H23N3O3/c1-15(25-16(2)26)12-17-4-6-18(7-5-17)19-13-23-22(24-14-19)28-21-10-8-20(27-3)9-11-21/h4-11,13-15H,12H2,1-3H3,(H,25,26). The number of benzene rings is 2. The number of hydrogen-bond acceptors (Lipinski definition) is 5. The first-order chi connectivity index (χ1) is 13.5. The predicted molar refractivity (Wildman–Crippen MR) is 108 cm³/mol. The zero-order valence-corrected chi connectivity index (χ0v) is 16.2. The molecule has 28 heavy (non-hydrogen) atoms. The minimum atomic E-state index is -0.0155. The molecule has 1 unspecified atom stereocenters. The van der Waals surface area contributed by atoms with Crippen molar-refractivity contribution in [3.05, 3.63) is 66.5 Å². The number of carbonyl (C=O) groups excluding carboxylic acids is 1. The van der Waals surface area contributed by atoms with E-state index in [4.69, 9.17) is 9.47 Å². The van der Waals surface area contributed by atoms with Gasteiger partial charge in [0, 0.05) is 30.9 Å². The minimum absolute atomic E-state index is 0.0155. The lowest BCUT2D eigenvalue weighted by atomic mass is 10.0. The molecule has 0 bridgehead atoms. The van der Waals surface area contributed by atoms with E-state index >= 15 is 0 Å². The molecule has 6 nitrogen and oxygen atoms in total. The molecular weight excluding hydrogens is 354 g/mol. The topological polar surface area (TPSA) is 73.3 Å². The molecule has 0 saturated carbocycles. The van der Waals surface area contributed by atoms with E-state index in [0.717, 1.165) is 28.9 Å². The lowest BCUT2D eigenvalue weighted by Gasteiger charge is -2.12. The van der Waals surface area contributed by atoms with Crippen LogP contribution in [0.3, 0.4) is 0 Å². The minimum Gasteiger partial charge on any atom is -0.497 e. The zero-order chi connectivity index (χ0) is 19.9. The molecular formula is C22H23N3O3. The summed E-state index contributed by atoms with van der Waals surface area (Å²) >= 11 is 0. The van der Waals surface area contributed by atoms with Crippen molar-refractivity contribution in [2.24, 2.45) is 0 Å². The van der Waals surface area contributed by atoms with Crippen LogP contribution >= 0.6 is 0 Å². The van der Waals surface area contributed by atoms with Crippen molar-refractivity contribution in [3.8, 4) is 28.6 Å². The summed E-state index contributed by atoms with van der Waals surface area (Å²) in [7, 11) is 1.62. The van der Waals surface area contributed by atoms with E-state index in [1.165, 1.54) is 6.92 Å². The Kier molecular flexibility index (Phi) is 6.22. The number of carbonyl (C=O) groups is 1. The van der Waals surface area contributed by atoms with Gasteiger partial charge in [-0.15, -0.1) is 0 Å². The Morgan fingerprint density at radius 2 is 1.57 bits per heavy atom. The van der Waals surface area contributed by atoms with Crippen LogP contribution in [-0.4, -0.2) is 29.0 Å². The van der Waals surface area contributed by atoms with Gasteiger partial charge in [0.25, 0.3) is 0 Å². The highest BCUT2D eigenvalue weighted by Gasteiger charge is 2.07. The average molecular weight is 377 g/mol. The van der Waals surface area contributed by atoms with E-state index in [1.54, 1.807) is 31.6 Å². The van der Waals surface area contributed by atoms with Gasteiger partial charge in [-0.25, -0.2) is 9.97 Å². The van der Waals surface area contributed by atoms with Gasteiger partial charge in [0.1, 0.15) is 11.5 Å². The summed E-state index contributed by atoms with van der Waals surface area (Å²) in [5, 5.41) is 2.89. The van der Waals surface area contributed by atoms with Crippen LogP contribution < -0.4 is 14.8 Å². The highest BCUT2D eigenvalue weighted by Crippen LogP contribution is 2.23.